The lowest BCUT2D eigenvalue weighted by molar-refractivity contribution is 0.337. The van der Waals surface area contributed by atoms with Crippen LogP contribution in [-0.2, 0) is 0 Å². The van der Waals surface area contributed by atoms with E-state index in [9.17, 15) is 9.65 Å². The van der Waals surface area contributed by atoms with Gasteiger partial charge in [-0.25, -0.2) is 9.07 Å². The number of nitrogens with zero attached hydrogens (tertiary/aromatic N) is 5. The monoisotopic (exact) mass is 626 g/mol. The van der Waals surface area contributed by atoms with Crippen molar-refractivity contribution in [1.29, 1.82) is 5.26 Å². The Kier molecular flexibility index (Phi) is 7.97. The van der Waals surface area contributed by atoms with Gasteiger partial charge in [-0.15, -0.1) is 16.4 Å². The van der Waals surface area contributed by atoms with Gasteiger partial charge in [0.2, 0.25) is 0 Å². The predicted octanol–water partition coefficient (Wildman–Crippen LogP) is 7.73. The van der Waals surface area contributed by atoms with Crippen LogP contribution in [0.3, 0.4) is 0 Å². The Morgan fingerprint density at radius 2 is 1.88 bits per heavy atom. The first-order chi connectivity index (χ1) is 19.9. The van der Waals surface area contributed by atoms with Gasteiger partial charge in [0.05, 0.1) is 43.4 Å². The van der Waals surface area contributed by atoms with Crippen LogP contribution in [0.15, 0.2) is 54.9 Å². The number of rotatable bonds is 7. The third-order valence-electron chi connectivity index (χ3n) is 6.93. The van der Waals surface area contributed by atoms with Crippen LogP contribution < -0.4 is 16.0 Å². The third kappa shape index (κ3) is 5.82. The number of anilines is 3. The highest BCUT2D eigenvalue weighted by Gasteiger charge is 2.24. The summed E-state index contributed by atoms with van der Waals surface area (Å²) in [5.74, 6) is -0.538. The molecule has 1 unspecified atom stereocenters. The fraction of sp³-hybridized carbons (Fsp3) is 0.214. The molecule has 1 saturated heterocycles. The van der Waals surface area contributed by atoms with Crippen LogP contribution in [0.4, 0.5) is 21.5 Å². The minimum absolute atomic E-state index is 0.0396. The van der Waals surface area contributed by atoms with Crippen LogP contribution in [0, 0.1) is 17.1 Å². The lowest BCUT2D eigenvalue weighted by Crippen LogP contribution is -2.29. The van der Waals surface area contributed by atoms with Crippen molar-refractivity contribution in [2.24, 2.45) is 0 Å². The molecule has 3 N–H and O–H groups in total. The van der Waals surface area contributed by atoms with E-state index >= 15 is 0 Å². The molecule has 1 aliphatic rings. The molecule has 208 valence electrons. The van der Waals surface area contributed by atoms with E-state index in [-0.39, 0.29) is 22.7 Å². The zero-order valence-electron chi connectivity index (χ0n) is 21.3. The Hall–Kier alpha value is -3.46. The standard InChI is InChI=1S/C28H22Cl3FN8S/c29-20-10-16(1-2-22(20)32)36-26-15(12-33)13-35-27-19(26)9-17(11-21(27)30)37-28(24-3-4-25(31)41-24)23-14-40(39-38-23)18-5-7-34-8-6-18/h1-4,9-11,13-14,18,28,34,37H,5-8H2,(H,35,36). The Bertz CT molecular complexity index is 1780. The van der Waals surface area contributed by atoms with Crippen molar-refractivity contribution in [2.45, 2.75) is 24.9 Å². The number of pyridine rings is 1. The maximum absolute atomic E-state index is 13.8. The lowest BCUT2D eigenvalue weighted by atomic mass is 10.1. The Labute approximate surface area is 254 Å². The van der Waals surface area contributed by atoms with Crippen molar-refractivity contribution < 1.29 is 4.39 Å². The molecule has 5 aromatic rings. The van der Waals surface area contributed by atoms with Gasteiger partial charge in [0.25, 0.3) is 0 Å². The summed E-state index contributed by atoms with van der Waals surface area (Å²) in [5.41, 5.74) is 3.18. The van der Waals surface area contributed by atoms with E-state index in [4.69, 9.17) is 34.8 Å². The van der Waals surface area contributed by atoms with Crippen molar-refractivity contribution >= 4 is 74.1 Å². The number of aromatic nitrogens is 4. The highest BCUT2D eigenvalue weighted by molar-refractivity contribution is 7.16. The lowest BCUT2D eigenvalue weighted by Gasteiger charge is -2.22. The summed E-state index contributed by atoms with van der Waals surface area (Å²) in [6.45, 7) is 1.88. The van der Waals surface area contributed by atoms with E-state index in [2.05, 4.69) is 37.3 Å². The second-order valence-electron chi connectivity index (χ2n) is 9.59. The van der Waals surface area contributed by atoms with Gasteiger partial charge < -0.3 is 16.0 Å². The highest BCUT2D eigenvalue weighted by Crippen LogP contribution is 2.38. The Balaban J connectivity index is 1.40. The number of fused-ring (bicyclic) bond motifs is 1. The Morgan fingerprint density at radius 1 is 1.07 bits per heavy atom. The fourth-order valence-corrected chi connectivity index (χ4v) is 6.47. The molecule has 6 rings (SSSR count). The third-order valence-corrected chi connectivity index (χ3v) is 8.80. The minimum Gasteiger partial charge on any atom is -0.372 e. The van der Waals surface area contributed by atoms with Crippen molar-refractivity contribution in [3.63, 3.8) is 0 Å². The molecule has 0 saturated carbocycles. The molecule has 0 spiro atoms. The molecule has 1 aliphatic heterocycles. The predicted molar refractivity (Wildman–Crippen MR) is 162 cm³/mol. The topological polar surface area (TPSA) is 103 Å². The van der Waals surface area contributed by atoms with Crippen molar-refractivity contribution in [2.75, 3.05) is 23.7 Å². The smallest absolute Gasteiger partial charge is 0.141 e. The summed E-state index contributed by atoms with van der Waals surface area (Å²) in [7, 11) is 0. The van der Waals surface area contributed by atoms with Gasteiger partial charge in [-0.05, 0) is 68.4 Å². The molecular weight excluding hydrogens is 606 g/mol. The number of halogens is 4. The summed E-state index contributed by atoms with van der Waals surface area (Å²) >= 11 is 20.5. The zero-order chi connectivity index (χ0) is 28.5. The maximum Gasteiger partial charge on any atom is 0.141 e. The van der Waals surface area contributed by atoms with Crippen molar-refractivity contribution in [3.8, 4) is 6.07 Å². The summed E-state index contributed by atoms with van der Waals surface area (Å²) in [4.78, 5) is 5.38. The van der Waals surface area contributed by atoms with E-state index in [1.165, 1.54) is 29.7 Å². The van der Waals surface area contributed by atoms with Gasteiger partial charge in [0.15, 0.2) is 0 Å². The molecule has 0 aliphatic carbocycles. The molecule has 0 bridgehead atoms. The first kappa shape index (κ1) is 27.7. The second kappa shape index (κ2) is 11.8. The number of nitrogens with one attached hydrogen (secondary N) is 3. The average Bonchev–Trinajstić information content (AvgIpc) is 3.64. The number of hydrogen-bond acceptors (Lipinski definition) is 8. The molecule has 0 radical (unpaired) electrons. The van der Waals surface area contributed by atoms with Crippen LogP contribution in [0.1, 0.15) is 41.1 Å². The summed E-state index contributed by atoms with van der Waals surface area (Å²) in [5, 5.41) is 29.9. The van der Waals surface area contributed by atoms with Crippen molar-refractivity contribution in [1.82, 2.24) is 25.3 Å². The molecule has 8 nitrogen and oxygen atoms in total. The van der Waals surface area contributed by atoms with Gasteiger partial charge in [-0.1, -0.05) is 40.0 Å². The molecule has 2 aromatic carbocycles. The number of benzene rings is 2. The SMILES string of the molecule is N#Cc1cnc2c(Cl)cc(NC(c3cn(C4CCNCC4)nn3)c3ccc(Cl)s3)cc2c1Nc1ccc(F)c(Cl)c1. The van der Waals surface area contributed by atoms with Crippen LogP contribution >= 0.6 is 46.1 Å². The first-order valence-electron chi connectivity index (χ1n) is 12.8. The molecule has 4 heterocycles. The first-order valence-corrected chi connectivity index (χ1v) is 14.7. The number of nitriles is 1. The highest BCUT2D eigenvalue weighted by atomic mass is 35.5. The maximum atomic E-state index is 13.8. The van der Waals surface area contributed by atoms with Crippen LogP contribution in [0.5, 0.6) is 0 Å². The number of piperidine rings is 1. The molecule has 13 heteroatoms. The van der Waals surface area contributed by atoms with Gasteiger partial charge in [-0.2, -0.15) is 5.26 Å². The minimum atomic E-state index is -0.538. The normalized spacial score (nSPS) is 14.6. The summed E-state index contributed by atoms with van der Waals surface area (Å²) in [6, 6.07) is 13.8. The fourth-order valence-electron chi connectivity index (χ4n) is 4.89. The number of thiophene rings is 1. The van der Waals surface area contributed by atoms with Crippen LogP contribution in [0.25, 0.3) is 10.9 Å². The number of hydrogen-bond donors (Lipinski definition) is 3. The van der Waals surface area contributed by atoms with E-state index in [1.54, 1.807) is 12.1 Å². The average molecular weight is 628 g/mol. The van der Waals surface area contributed by atoms with Crippen LogP contribution in [-0.4, -0.2) is 33.1 Å². The van der Waals surface area contributed by atoms with Crippen LogP contribution in [0.2, 0.25) is 14.4 Å². The summed E-state index contributed by atoms with van der Waals surface area (Å²) < 4.78 is 16.4. The van der Waals surface area contributed by atoms with E-state index in [1.807, 2.05) is 29.1 Å². The quantitative estimate of drug-likeness (QED) is 0.170. The van der Waals surface area contributed by atoms with E-state index < -0.39 is 5.82 Å². The molecule has 1 fully saturated rings. The second-order valence-corrected chi connectivity index (χ2v) is 12.2. The van der Waals surface area contributed by atoms with Crippen molar-refractivity contribution in [3.05, 3.63) is 91.2 Å². The molecule has 1 atom stereocenters. The van der Waals surface area contributed by atoms with Gasteiger partial charge in [0, 0.05) is 27.8 Å². The van der Waals surface area contributed by atoms with Gasteiger partial charge in [0.1, 0.15) is 23.6 Å². The summed E-state index contributed by atoms with van der Waals surface area (Å²) in [6.07, 6.45) is 5.39. The Morgan fingerprint density at radius 3 is 2.61 bits per heavy atom. The van der Waals surface area contributed by atoms with E-state index in [0.717, 1.165) is 36.5 Å². The molecule has 41 heavy (non-hydrogen) atoms. The largest absolute Gasteiger partial charge is 0.372 e. The molecule has 0 amide bonds. The van der Waals surface area contributed by atoms with Gasteiger partial charge in [-0.3, -0.25) is 4.98 Å². The zero-order valence-corrected chi connectivity index (χ0v) is 24.4. The van der Waals surface area contributed by atoms with E-state index in [0.29, 0.717) is 37.3 Å². The molecule has 3 aromatic heterocycles. The van der Waals surface area contributed by atoms with Gasteiger partial charge >= 0.3 is 0 Å². The molecular formula is C28H22Cl3FN8S.